The number of hydrogen-bond donors (Lipinski definition) is 1. The van der Waals surface area contributed by atoms with Crippen LogP contribution in [0, 0.1) is 6.92 Å². The maximum atomic E-state index is 11.1. The van der Waals surface area contributed by atoms with Crippen LogP contribution in [0.15, 0.2) is 18.3 Å². The van der Waals surface area contributed by atoms with Crippen LogP contribution in [0.25, 0.3) is 0 Å². The van der Waals surface area contributed by atoms with Crippen molar-refractivity contribution in [3.63, 3.8) is 0 Å². The zero-order valence-electron chi connectivity index (χ0n) is 9.49. The molecule has 4 heteroatoms. The Morgan fingerprint density at radius 1 is 1.53 bits per heavy atom. The number of nitrogens with zero attached hydrogens (tertiary/aromatic N) is 1. The van der Waals surface area contributed by atoms with E-state index < -0.39 is 10.8 Å². The summed E-state index contributed by atoms with van der Waals surface area (Å²) < 4.78 is 11.1. The molecule has 0 radical (unpaired) electrons. The summed E-state index contributed by atoms with van der Waals surface area (Å²) in [7, 11) is -0.755. The Morgan fingerprint density at radius 2 is 2.27 bits per heavy atom. The zero-order valence-corrected chi connectivity index (χ0v) is 10.3. The SMILES string of the molecule is Cc1ccc(CNCC(C)S(C)=O)nc1. The third-order valence-electron chi connectivity index (χ3n) is 2.28. The molecule has 1 aromatic rings. The van der Waals surface area contributed by atoms with Crippen LogP contribution in [-0.4, -0.2) is 27.2 Å². The summed E-state index contributed by atoms with van der Waals surface area (Å²) in [4.78, 5) is 4.28. The molecule has 0 aromatic carbocycles. The normalized spacial score (nSPS) is 14.9. The number of hydrogen-bond acceptors (Lipinski definition) is 3. The molecule has 2 unspecified atom stereocenters. The van der Waals surface area contributed by atoms with E-state index in [0.29, 0.717) is 0 Å². The van der Waals surface area contributed by atoms with Crippen LogP contribution in [0.2, 0.25) is 0 Å². The van der Waals surface area contributed by atoms with E-state index in [9.17, 15) is 4.21 Å². The standard InChI is InChI=1S/C11H18N2OS/c1-9-4-5-11(13-6-9)8-12-7-10(2)15(3)14/h4-6,10,12H,7-8H2,1-3H3. The highest BCUT2D eigenvalue weighted by Gasteiger charge is 2.04. The monoisotopic (exact) mass is 226 g/mol. The quantitative estimate of drug-likeness (QED) is 0.821. The van der Waals surface area contributed by atoms with E-state index in [1.54, 1.807) is 6.26 Å². The van der Waals surface area contributed by atoms with Gasteiger partial charge in [0.2, 0.25) is 0 Å². The van der Waals surface area contributed by atoms with Crippen molar-refractivity contribution < 1.29 is 4.21 Å². The van der Waals surface area contributed by atoms with E-state index in [2.05, 4.69) is 10.3 Å². The van der Waals surface area contributed by atoms with Gasteiger partial charge < -0.3 is 5.32 Å². The molecule has 3 nitrogen and oxygen atoms in total. The maximum absolute atomic E-state index is 11.1. The first-order valence-electron chi connectivity index (χ1n) is 5.04. The third kappa shape index (κ3) is 4.53. The molecule has 0 saturated carbocycles. The van der Waals surface area contributed by atoms with Gasteiger partial charge in [-0.2, -0.15) is 0 Å². The molecule has 0 spiro atoms. The van der Waals surface area contributed by atoms with Gasteiger partial charge in [-0.1, -0.05) is 6.07 Å². The lowest BCUT2D eigenvalue weighted by Crippen LogP contribution is -2.27. The molecule has 84 valence electrons. The summed E-state index contributed by atoms with van der Waals surface area (Å²) in [5.74, 6) is 0. The van der Waals surface area contributed by atoms with Gasteiger partial charge in [0, 0.05) is 41.6 Å². The lowest BCUT2D eigenvalue weighted by atomic mass is 10.3. The Labute approximate surface area is 93.8 Å². The molecule has 2 atom stereocenters. The van der Waals surface area contributed by atoms with Crippen molar-refractivity contribution in [2.75, 3.05) is 12.8 Å². The third-order valence-corrected chi connectivity index (χ3v) is 3.58. The summed E-state index contributed by atoms with van der Waals surface area (Å²) in [6.45, 7) is 5.50. The topological polar surface area (TPSA) is 42.0 Å². The second-order valence-corrected chi connectivity index (χ2v) is 5.57. The van der Waals surface area contributed by atoms with Crippen LogP contribution in [0.3, 0.4) is 0 Å². The second-order valence-electron chi connectivity index (χ2n) is 3.77. The molecular weight excluding hydrogens is 208 g/mol. The molecular formula is C11H18N2OS. The number of nitrogens with one attached hydrogen (secondary N) is 1. The molecule has 1 aromatic heterocycles. The molecule has 0 aliphatic heterocycles. The molecule has 1 rings (SSSR count). The van der Waals surface area contributed by atoms with Crippen LogP contribution in [0.5, 0.6) is 0 Å². The largest absolute Gasteiger partial charge is 0.310 e. The number of aryl methyl sites for hydroxylation is 1. The smallest absolute Gasteiger partial charge is 0.0541 e. The van der Waals surface area contributed by atoms with Gasteiger partial charge >= 0.3 is 0 Å². The second kappa shape index (κ2) is 5.98. The van der Waals surface area contributed by atoms with Gasteiger partial charge in [-0.3, -0.25) is 9.19 Å². The van der Waals surface area contributed by atoms with Gasteiger partial charge in [-0.25, -0.2) is 0 Å². The Hall–Kier alpha value is -0.740. The van der Waals surface area contributed by atoms with E-state index >= 15 is 0 Å². The lowest BCUT2D eigenvalue weighted by Gasteiger charge is -2.09. The Balaban J connectivity index is 2.32. The predicted octanol–water partition coefficient (Wildman–Crippen LogP) is 1.25. The molecule has 0 aliphatic rings. The fourth-order valence-corrected chi connectivity index (χ4v) is 1.48. The highest BCUT2D eigenvalue weighted by Crippen LogP contribution is 1.98. The van der Waals surface area contributed by atoms with Crippen LogP contribution in [0.4, 0.5) is 0 Å². The van der Waals surface area contributed by atoms with Crippen molar-refractivity contribution in [2.24, 2.45) is 0 Å². The van der Waals surface area contributed by atoms with Gasteiger partial charge in [0.25, 0.3) is 0 Å². The number of pyridine rings is 1. The first-order chi connectivity index (χ1) is 7.09. The average Bonchev–Trinajstić information content (AvgIpc) is 2.20. The van der Waals surface area contributed by atoms with Crippen molar-refractivity contribution in [1.29, 1.82) is 0 Å². The molecule has 0 bridgehead atoms. The van der Waals surface area contributed by atoms with Gasteiger partial charge in [0.05, 0.1) is 5.69 Å². The van der Waals surface area contributed by atoms with E-state index in [4.69, 9.17) is 0 Å². The number of aromatic nitrogens is 1. The lowest BCUT2D eigenvalue weighted by molar-refractivity contribution is 0.642. The summed E-state index contributed by atoms with van der Waals surface area (Å²) >= 11 is 0. The summed E-state index contributed by atoms with van der Waals surface area (Å²) in [6.07, 6.45) is 3.59. The maximum Gasteiger partial charge on any atom is 0.0541 e. The zero-order chi connectivity index (χ0) is 11.3. The van der Waals surface area contributed by atoms with Gasteiger partial charge in [0.15, 0.2) is 0 Å². The van der Waals surface area contributed by atoms with Crippen molar-refractivity contribution in [3.05, 3.63) is 29.6 Å². The minimum atomic E-state index is -0.755. The summed E-state index contributed by atoms with van der Waals surface area (Å²) in [6, 6.07) is 4.06. The molecule has 1 heterocycles. The van der Waals surface area contributed by atoms with E-state index in [1.165, 1.54) is 5.56 Å². The molecule has 1 N–H and O–H groups in total. The summed E-state index contributed by atoms with van der Waals surface area (Å²) in [5, 5.41) is 3.44. The minimum absolute atomic E-state index is 0.190. The Kier molecular flexibility index (Phi) is 4.91. The van der Waals surface area contributed by atoms with Crippen molar-refractivity contribution in [3.8, 4) is 0 Å². The van der Waals surface area contributed by atoms with Crippen LogP contribution < -0.4 is 5.32 Å². The first kappa shape index (κ1) is 12.3. The predicted molar refractivity (Wildman–Crippen MR) is 64.2 cm³/mol. The van der Waals surface area contributed by atoms with Crippen LogP contribution in [-0.2, 0) is 17.3 Å². The Bertz CT molecular complexity index is 324. The average molecular weight is 226 g/mol. The van der Waals surface area contributed by atoms with E-state index in [0.717, 1.165) is 18.8 Å². The Morgan fingerprint density at radius 3 is 2.80 bits per heavy atom. The van der Waals surface area contributed by atoms with Crippen molar-refractivity contribution in [1.82, 2.24) is 10.3 Å². The van der Waals surface area contributed by atoms with Crippen molar-refractivity contribution >= 4 is 10.8 Å². The molecule has 0 saturated heterocycles. The fraction of sp³-hybridized carbons (Fsp3) is 0.545. The van der Waals surface area contributed by atoms with Gasteiger partial charge in [-0.05, 0) is 25.5 Å². The molecule has 15 heavy (non-hydrogen) atoms. The summed E-state index contributed by atoms with van der Waals surface area (Å²) in [5.41, 5.74) is 2.19. The van der Waals surface area contributed by atoms with E-state index in [-0.39, 0.29) is 5.25 Å². The molecule has 0 fully saturated rings. The first-order valence-corrected chi connectivity index (χ1v) is 6.66. The van der Waals surface area contributed by atoms with E-state index in [1.807, 2.05) is 32.2 Å². The highest BCUT2D eigenvalue weighted by atomic mass is 32.2. The van der Waals surface area contributed by atoms with Crippen molar-refractivity contribution in [2.45, 2.75) is 25.6 Å². The van der Waals surface area contributed by atoms with Gasteiger partial charge in [0.1, 0.15) is 0 Å². The van der Waals surface area contributed by atoms with Crippen LogP contribution in [0.1, 0.15) is 18.2 Å². The number of rotatable bonds is 5. The molecule has 0 aliphatic carbocycles. The molecule has 0 amide bonds. The van der Waals surface area contributed by atoms with Crippen LogP contribution >= 0.6 is 0 Å². The van der Waals surface area contributed by atoms with Gasteiger partial charge in [-0.15, -0.1) is 0 Å². The highest BCUT2D eigenvalue weighted by molar-refractivity contribution is 7.84. The fourth-order valence-electron chi connectivity index (χ4n) is 1.12. The minimum Gasteiger partial charge on any atom is -0.310 e.